The van der Waals surface area contributed by atoms with Gasteiger partial charge in [-0.05, 0) is 43.6 Å². The van der Waals surface area contributed by atoms with E-state index in [4.69, 9.17) is 9.47 Å². The zero-order valence-electron chi connectivity index (χ0n) is 10.5. The summed E-state index contributed by atoms with van der Waals surface area (Å²) in [6.45, 7) is 2.99. The second-order valence-corrected chi connectivity index (χ2v) is 4.64. The maximum absolute atomic E-state index is 12.0. The van der Waals surface area contributed by atoms with Crippen LogP contribution in [0.3, 0.4) is 0 Å². The van der Waals surface area contributed by atoms with E-state index >= 15 is 0 Å². The van der Waals surface area contributed by atoms with Gasteiger partial charge in [-0.1, -0.05) is 0 Å². The van der Waals surface area contributed by atoms with Crippen LogP contribution in [0, 0.1) is 5.92 Å². The molecule has 0 aliphatic carbocycles. The first-order chi connectivity index (χ1) is 8.83. The van der Waals surface area contributed by atoms with Crippen molar-refractivity contribution in [1.29, 1.82) is 0 Å². The molecule has 1 saturated heterocycles. The number of fused-ring (bicyclic) bond motifs is 1. The third-order valence-corrected chi connectivity index (χ3v) is 3.35. The highest BCUT2D eigenvalue weighted by Gasteiger charge is 2.18. The van der Waals surface area contributed by atoms with Crippen LogP contribution in [-0.4, -0.2) is 32.3 Å². The Balaban J connectivity index is 0.00000133. The van der Waals surface area contributed by atoms with E-state index in [1.807, 2.05) is 0 Å². The van der Waals surface area contributed by atoms with Crippen LogP contribution < -0.4 is 20.1 Å². The minimum Gasteiger partial charge on any atom is -0.454 e. The second-order valence-electron chi connectivity index (χ2n) is 4.64. The molecular formula is C13H17ClN2O3. The van der Waals surface area contributed by atoms with Crippen LogP contribution in [0.5, 0.6) is 11.5 Å². The first kappa shape index (κ1) is 14.0. The molecule has 0 bridgehead atoms. The molecule has 2 N–H and O–H groups in total. The van der Waals surface area contributed by atoms with E-state index in [0.29, 0.717) is 23.0 Å². The van der Waals surface area contributed by atoms with E-state index in [2.05, 4.69) is 10.6 Å². The molecule has 0 radical (unpaired) electrons. The lowest BCUT2D eigenvalue weighted by Gasteiger charge is -2.10. The maximum Gasteiger partial charge on any atom is 0.251 e. The summed E-state index contributed by atoms with van der Waals surface area (Å²) in [5.74, 6) is 1.83. The molecule has 1 fully saturated rings. The van der Waals surface area contributed by atoms with Crippen LogP contribution in [0.25, 0.3) is 0 Å². The summed E-state index contributed by atoms with van der Waals surface area (Å²) in [4.78, 5) is 12.0. The number of nitrogens with one attached hydrogen (secondary N) is 2. The predicted octanol–water partition coefficient (Wildman–Crippen LogP) is 1.18. The average molecular weight is 285 g/mol. The highest BCUT2D eigenvalue weighted by molar-refractivity contribution is 5.94. The number of amides is 1. The number of hydrogen-bond acceptors (Lipinski definition) is 4. The van der Waals surface area contributed by atoms with Crippen LogP contribution in [0.4, 0.5) is 0 Å². The fraction of sp³-hybridized carbons (Fsp3) is 0.462. The van der Waals surface area contributed by atoms with Crippen molar-refractivity contribution < 1.29 is 14.3 Å². The second kappa shape index (κ2) is 6.12. The first-order valence-electron chi connectivity index (χ1n) is 6.21. The van der Waals surface area contributed by atoms with Crippen molar-refractivity contribution in [2.45, 2.75) is 6.42 Å². The average Bonchev–Trinajstić information content (AvgIpc) is 3.05. The Morgan fingerprint density at radius 3 is 3.00 bits per heavy atom. The molecule has 0 aromatic heterocycles. The number of benzene rings is 1. The molecule has 2 aliphatic rings. The molecule has 2 heterocycles. The van der Waals surface area contributed by atoms with Gasteiger partial charge < -0.3 is 20.1 Å². The van der Waals surface area contributed by atoms with Crippen LogP contribution in [-0.2, 0) is 0 Å². The minimum atomic E-state index is -0.0554. The smallest absolute Gasteiger partial charge is 0.251 e. The van der Waals surface area contributed by atoms with Crippen LogP contribution in [0.1, 0.15) is 16.8 Å². The van der Waals surface area contributed by atoms with Gasteiger partial charge in [-0.3, -0.25) is 4.79 Å². The molecule has 1 atom stereocenters. The van der Waals surface area contributed by atoms with Gasteiger partial charge in [0.2, 0.25) is 6.79 Å². The number of hydrogen-bond donors (Lipinski definition) is 2. The molecule has 1 aromatic rings. The van der Waals surface area contributed by atoms with E-state index < -0.39 is 0 Å². The number of carbonyl (C=O) groups excluding carboxylic acids is 1. The van der Waals surface area contributed by atoms with Crippen LogP contribution >= 0.6 is 12.4 Å². The molecule has 104 valence electrons. The Morgan fingerprint density at radius 2 is 2.21 bits per heavy atom. The van der Waals surface area contributed by atoms with Crippen molar-refractivity contribution in [3.63, 3.8) is 0 Å². The van der Waals surface area contributed by atoms with E-state index in [-0.39, 0.29) is 25.1 Å². The van der Waals surface area contributed by atoms with Gasteiger partial charge in [0.05, 0.1) is 0 Å². The Bertz CT molecular complexity index is 461. The summed E-state index contributed by atoms with van der Waals surface area (Å²) in [6, 6.07) is 5.26. The monoisotopic (exact) mass is 284 g/mol. The van der Waals surface area contributed by atoms with E-state index in [1.54, 1.807) is 18.2 Å². The molecular weight excluding hydrogens is 268 g/mol. The topological polar surface area (TPSA) is 59.6 Å². The van der Waals surface area contributed by atoms with Gasteiger partial charge in [-0.25, -0.2) is 0 Å². The zero-order valence-corrected chi connectivity index (χ0v) is 11.3. The molecule has 0 saturated carbocycles. The van der Waals surface area contributed by atoms with Crippen molar-refractivity contribution in [3.05, 3.63) is 23.8 Å². The van der Waals surface area contributed by atoms with E-state index in [1.165, 1.54) is 0 Å². The SMILES string of the molecule is Cl.O=C(NCC1CCNC1)c1ccc2c(c1)OCO2. The molecule has 5 nitrogen and oxygen atoms in total. The fourth-order valence-corrected chi connectivity index (χ4v) is 2.27. The van der Waals surface area contributed by atoms with Crippen molar-refractivity contribution in [2.75, 3.05) is 26.4 Å². The van der Waals surface area contributed by atoms with Crippen molar-refractivity contribution in [1.82, 2.24) is 10.6 Å². The lowest BCUT2D eigenvalue weighted by molar-refractivity contribution is 0.0947. The normalized spacial score (nSPS) is 19.9. The Hall–Kier alpha value is -1.46. The molecule has 1 aromatic carbocycles. The molecule has 3 rings (SSSR count). The molecule has 19 heavy (non-hydrogen) atoms. The van der Waals surface area contributed by atoms with Crippen molar-refractivity contribution in [2.24, 2.45) is 5.92 Å². The third-order valence-electron chi connectivity index (χ3n) is 3.35. The molecule has 6 heteroatoms. The molecule has 0 spiro atoms. The molecule has 1 amide bonds. The molecule has 2 aliphatic heterocycles. The minimum absolute atomic E-state index is 0. The third kappa shape index (κ3) is 3.11. The van der Waals surface area contributed by atoms with Gasteiger partial charge in [-0.15, -0.1) is 12.4 Å². The Morgan fingerprint density at radius 1 is 1.37 bits per heavy atom. The summed E-state index contributed by atoms with van der Waals surface area (Å²) < 4.78 is 10.5. The Kier molecular flexibility index (Phi) is 4.50. The maximum atomic E-state index is 12.0. The van der Waals surface area contributed by atoms with Gasteiger partial charge in [0.15, 0.2) is 11.5 Å². The summed E-state index contributed by atoms with van der Waals surface area (Å²) in [7, 11) is 0. The fourth-order valence-electron chi connectivity index (χ4n) is 2.27. The number of ether oxygens (including phenoxy) is 2. The van der Waals surface area contributed by atoms with Gasteiger partial charge in [-0.2, -0.15) is 0 Å². The van der Waals surface area contributed by atoms with Crippen molar-refractivity contribution in [3.8, 4) is 11.5 Å². The van der Waals surface area contributed by atoms with Crippen LogP contribution in [0.2, 0.25) is 0 Å². The largest absolute Gasteiger partial charge is 0.454 e. The highest BCUT2D eigenvalue weighted by atomic mass is 35.5. The lowest BCUT2D eigenvalue weighted by Crippen LogP contribution is -2.30. The van der Waals surface area contributed by atoms with Gasteiger partial charge in [0.1, 0.15) is 0 Å². The Labute approximate surface area is 118 Å². The molecule has 1 unspecified atom stereocenters. The van der Waals surface area contributed by atoms with Gasteiger partial charge in [0, 0.05) is 12.1 Å². The quantitative estimate of drug-likeness (QED) is 0.875. The van der Waals surface area contributed by atoms with E-state index in [9.17, 15) is 4.79 Å². The standard InChI is InChI=1S/C13H16N2O3.ClH/c16-13(15-7-9-3-4-14-6-9)10-1-2-11-12(5-10)18-8-17-11;/h1-2,5,9,14H,3-4,6-8H2,(H,15,16);1H. The summed E-state index contributed by atoms with van der Waals surface area (Å²) in [5, 5.41) is 6.24. The number of halogens is 1. The van der Waals surface area contributed by atoms with Gasteiger partial charge in [0.25, 0.3) is 5.91 Å². The van der Waals surface area contributed by atoms with Crippen LogP contribution in [0.15, 0.2) is 18.2 Å². The summed E-state index contributed by atoms with van der Waals surface area (Å²) >= 11 is 0. The zero-order chi connectivity index (χ0) is 12.4. The number of carbonyl (C=O) groups is 1. The summed E-state index contributed by atoms with van der Waals surface area (Å²) in [5.41, 5.74) is 0.616. The van der Waals surface area contributed by atoms with Crippen molar-refractivity contribution >= 4 is 18.3 Å². The first-order valence-corrected chi connectivity index (χ1v) is 6.21. The lowest BCUT2D eigenvalue weighted by atomic mass is 10.1. The van der Waals surface area contributed by atoms with E-state index in [0.717, 1.165) is 26.1 Å². The predicted molar refractivity (Wildman–Crippen MR) is 73.1 cm³/mol. The highest BCUT2D eigenvalue weighted by Crippen LogP contribution is 2.32. The number of rotatable bonds is 3. The van der Waals surface area contributed by atoms with Gasteiger partial charge >= 0.3 is 0 Å². The summed E-state index contributed by atoms with van der Waals surface area (Å²) in [6.07, 6.45) is 1.13.